The summed E-state index contributed by atoms with van der Waals surface area (Å²) < 4.78 is 7.70. The second-order valence-corrected chi connectivity index (χ2v) is 9.34. The van der Waals surface area contributed by atoms with Gasteiger partial charge in [-0.3, -0.25) is 4.98 Å². The van der Waals surface area contributed by atoms with E-state index < -0.39 is 5.97 Å². The number of rotatable bonds is 6. The van der Waals surface area contributed by atoms with E-state index in [2.05, 4.69) is 19.5 Å². The standard InChI is InChI=1S/C23H23ClN4O3S/c24-15-5-6-17-16(13-15)22(20(14-25-17)32-28-9-11-31-12-10-28)26-18-3-1-4-19(21(18)23(29)30)27-7-2-8-27/h1,3-6,13-14H,2,7-12H2,(H,25,26)(H,29,30). The van der Waals surface area contributed by atoms with Gasteiger partial charge in [0.2, 0.25) is 0 Å². The minimum atomic E-state index is -0.950. The average Bonchev–Trinajstić information content (AvgIpc) is 2.75. The number of carboxylic acid groups (broad SMARTS) is 1. The van der Waals surface area contributed by atoms with Crippen LogP contribution < -0.4 is 10.2 Å². The zero-order valence-corrected chi connectivity index (χ0v) is 19.0. The van der Waals surface area contributed by atoms with Gasteiger partial charge in [-0.2, -0.15) is 0 Å². The minimum Gasteiger partial charge on any atom is -0.478 e. The summed E-state index contributed by atoms with van der Waals surface area (Å²) in [6.07, 6.45) is 2.91. The highest BCUT2D eigenvalue weighted by Gasteiger charge is 2.25. The maximum absolute atomic E-state index is 12.3. The van der Waals surface area contributed by atoms with Crippen LogP contribution in [0.3, 0.4) is 0 Å². The van der Waals surface area contributed by atoms with Gasteiger partial charge in [-0.15, -0.1) is 0 Å². The van der Waals surface area contributed by atoms with E-state index in [-0.39, 0.29) is 5.56 Å². The van der Waals surface area contributed by atoms with Crippen molar-refractivity contribution in [3.8, 4) is 0 Å². The predicted molar refractivity (Wildman–Crippen MR) is 129 cm³/mol. The van der Waals surface area contributed by atoms with Gasteiger partial charge < -0.3 is 20.1 Å². The molecule has 9 heteroatoms. The summed E-state index contributed by atoms with van der Waals surface area (Å²) in [7, 11) is 0. The fraction of sp³-hybridized carbons (Fsp3) is 0.304. The van der Waals surface area contributed by atoms with Crippen molar-refractivity contribution in [3.05, 3.63) is 53.2 Å². The van der Waals surface area contributed by atoms with Gasteiger partial charge in [0.1, 0.15) is 5.56 Å². The number of benzene rings is 2. The largest absolute Gasteiger partial charge is 0.478 e. The normalized spacial score (nSPS) is 16.7. The molecule has 0 aliphatic carbocycles. The Kier molecular flexibility index (Phi) is 6.10. The fourth-order valence-electron chi connectivity index (χ4n) is 3.95. The van der Waals surface area contributed by atoms with Crippen molar-refractivity contribution in [2.75, 3.05) is 49.6 Å². The van der Waals surface area contributed by atoms with Crippen LogP contribution in [0, 0.1) is 0 Å². The minimum absolute atomic E-state index is 0.279. The Hall–Kier alpha value is -2.52. The van der Waals surface area contributed by atoms with Crippen molar-refractivity contribution in [2.24, 2.45) is 0 Å². The van der Waals surface area contributed by atoms with Crippen LogP contribution in [0.5, 0.6) is 0 Å². The number of anilines is 3. The van der Waals surface area contributed by atoms with Crippen molar-refractivity contribution < 1.29 is 14.6 Å². The first-order valence-corrected chi connectivity index (χ1v) is 11.7. The highest BCUT2D eigenvalue weighted by Crippen LogP contribution is 2.40. The molecule has 1 aromatic heterocycles. The molecule has 0 amide bonds. The number of fused-ring (bicyclic) bond motifs is 1. The molecule has 7 nitrogen and oxygen atoms in total. The molecule has 0 atom stereocenters. The molecule has 2 aromatic carbocycles. The van der Waals surface area contributed by atoms with E-state index in [1.165, 1.54) is 0 Å². The second-order valence-electron chi connectivity index (χ2n) is 7.76. The van der Waals surface area contributed by atoms with Crippen LogP contribution in [-0.4, -0.2) is 59.8 Å². The Labute approximate surface area is 195 Å². The number of morpholine rings is 1. The third-order valence-electron chi connectivity index (χ3n) is 5.71. The quantitative estimate of drug-likeness (QED) is 0.493. The highest BCUT2D eigenvalue weighted by molar-refractivity contribution is 7.97. The number of hydrogen-bond donors (Lipinski definition) is 2. The summed E-state index contributed by atoms with van der Waals surface area (Å²) in [4.78, 5) is 19.9. The van der Waals surface area contributed by atoms with E-state index in [0.29, 0.717) is 23.9 Å². The maximum Gasteiger partial charge on any atom is 0.339 e. The Morgan fingerprint density at radius 2 is 1.97 bits per heavy atom. The van der Waals surface area contributed by atoms with Gasteiger partial charge in [-0.05, 0) is 48.7 Å². The van der Waals surface area contributed by atoms with Gasteiger partial charge in [0.15, 0.2) is 0 Å². The van der Waals surface area contributed by atoms with Gasteiger partial charge >= 0.3 is 5.97 Å². The van der Waals surface area contributed by atoms with Crippen LogP contribution in [0.4, 0.5) is 17.1 Å². The molecule has 2 aliphatic heterocycles. The molecule has 0 radical (unpaired) electrons. The van der Waals surface area contributed by atoms with E-state index >= 15 is 0 Å². The SMILES string of the molecule is O=C(O)c1c(Nc2c(SN3CCOCC3)cnc3ccc(Cl)cc23)cccc1N1CCC1. The molecular formula is C23H23ClN4O3S. The van der Waals surface area contributed by atoms with E-state index in [9.17, 15) is 9.90 Å². The molecule has 0 spiro atoms. The Morgan fingerprint density at radius 3 is 2.69 bits per heavy atom. The number of ether oxygens (including phenoxy) is 1. The van der Waals surface area contributed by atoms with Crippen LogP contribution in [0.1, 0.15) is 16.8 Å². The van der Waals surface area contributed by atoms with Crippen LogP contribution in [0.2, 0.25) is 5.02 Å². The average molecular weight is 471 g/mol. The number of halogens is 1. The molecule has 2 saturated heterocycles. The molecular weight excluding hydrogens is 448 g/mol. The predicted octanol–water partition coefficient (Wildman–Crippen LogP) is 4.88. The Morgan fingerprint density at radius 1 is 1.16 bits per heavy atom. The number of pyridine rings is 1. The number of carboxylic acids is 1. The lowest BCUT2D eigenvalue weighted by Gasteiger charge is -2.34. The lowest BCUT2D eigenvalue weighted by Crippen LogP contribution is -2.38. The van der Waals surface area contributed by atoms with Crippen molar-refractivity contribution in [3.63, 3.8) is 0 Å². The molecule has 3 aromatic rings. The van der Waals surface area contributed by atoms with E-state index in [4.69, 9.17) is 16.3 Å². The van der Waals surface area contributed by atoms with Crippen molar-refractivity contribution in [2.45, 2.75) is 11.3 Å². The summed E-state index contributed by atoms with van der Waals surface area (Å²) in [5.74, 6) is -0.950. The van der Waals surface area contributed by atoms with Crippen LogP contribution in [0.25, 0.3) is 10.9 Å². The van der Waals surface area contributed by atoms with Crippen molar-refractivity contribution in [1.29, 1.82) is 0 Å². The number of nitrogens with zero attached hydrogens (tertiary/aromatic N) is 3. The molecule has 2 N–H and O–H groups in total. The summed E-state index contributed by atoms with van der Waals surface area (Å²) >= 11 is 7.92. The number of hydrogen-bond acceptors (Lipinski definition) is 7. The van der Waals surface area contributed by atoms with Crippen LogP contribution in [0.15, 0.2) is 47.5 Å². The number of aromatic carboxylic acids is 1. The Balaban J connectivity index is 1.60. The first-order chi connectivity index (χ1) is 15.6. The third kappa shape index (κ3) is 4.23. The third-order valence-corrected chi connectivity index (χ3v) is 7.07. The molecule has 2 fully saturated rings. The molecule has 32 heavy (non-hydrogen) atoms. The van der Waals surface area contributed by atoms with Gasteiger partial charge in [0.05, 0.1) is 40.7 Å². The second kappa shape index (κ2) is 9.15. The van der Waals surface area contributed by atoms with Gasteiger partial charge in [-0.1, -0.05) is 17.7 Å². The van der Waals surface area contributed by atoms with Gasteiger partial charge in [-0.25, -0.2) is 9.10 Å². The molecule has 0 unspecified atom stereocenters. The molecule has 166 valence electrons. The lowest BCUT2D eigenvalue weighted by molar-refractivity contribution is 0.0698. The fourth-order valence-corrected chi connectivity index (χ4v) is 5.08. The lowest BCUT2D eigenvalue weighted by atomic mass is 10.1. The summed E-state index contributed by atoms with van der Waals surface area (Å²) in [6, 6.07) is 11.1. The topological polar surface area (TPSA) is 77.9 Å². The van der Waals surface area contributed by atoms with E-state index in [1.807, 2.05) is 42.6 Å². The first kappa shape index (κ1) is 21.3. The maximum atomic E-state index is 12.3. The van der Waals surface area contributed by atoms with Crippen molar-refractivity contribution in [1.82, 2.24) is 9.29 Å². The Bertz CT molecular complexity index is 1170. The van der Waals surface area contributed by atoms with Crippen LogP contribution >= 0.6 is 23.5 Å². The molecule has 0 bridgehead atoms. The highest BCUT2D eigenvalue weighted by atomic mass is 35.5. The van der Waals surface area contributed by atoms with Crippen molar-refractivity contribution >= 4 is 57.5 Å². The molecule has 5 rings (SSSR count). The summed E-state index contributed by atoms with van der Waals surface area (Å²) in [6.45, 7) is 4.73. The first-order valence-electron chi connectivity index (χ1n) is 10.6. The summed E-state index contributed by atoms with van der Waals surface area (Å²) in [5, 5.41) is 14.9. The molecule has 2 aliphatic rings. The monoisotopic (exact) mass is 470 g/mol. The molecule has 0 saturated carbocycles. The van der Waals surface area contributed by atoms with E-state index in [1.54, 1.807) is 11.9 Å². The van der Waals surface area contributed by atoms with Gasteiger partial charge in [0.25, 0.3) is 0 Å². The smallest absolute Gasteiger partial charge is 0.339 e. The van der Waals surface area contributed by atoms with E-state index in [0.717, 1.165) is 59.8 Å². The number of carbonyl (C=O) groups is 1. The van der Waals surface area contributed by atoms with Gasteiger partial charge in [0, 0.05) is 42.8 Å². The zero-order valence-electron chi connectivity index (χ0n) is 17.4. The number of nitrogens with one attached hydrogen (secondary N) is 1. The summed E-state index contributed by atoms with van der Waals surface area (Å²) in [5.41, 5.74) is 3.17. The van der Waals surface area contributed by atoms with Crippen LogP contribution in [-0.2, 0) is 4.74 Å². The number of aromatic nitrogens is 1. The molecule has 3 heterocycles. The zero-order chi connectivity index (χ0) is 22.1.